The third kappa shape index (κ3) is 4.63. The lowest BCUT2D eigenvalue weighted by molar-refractivity contribution is 0.0599. The van der Waals surface area contributed by atoms with Crippen LogP contribution >= 0.6 is 12.2 Å². The van der Waals surface area contributed by atoms with Crippen molar-refractivity contribution in [3.05, 3.63) is 76.6 Å². The van der Waals surface area contributed by atoms with Crippen LogP contribution in [0.5, 0.6) is 0 Å². The summed E-state index contributed by atoms with van der Waals surface area (Å²) in [5, 5.41) is 11.6. The summed E-state index contributed by atoms with van der Waals surface area (Å²) in [7, 11) is 1.38. The van der Waals surface area contributed by atoms with E-state index < -0.39 is 0 Å². The minimum absolute atomic E-state index is 0.357. The molecule has 0 saturated carbocycles. The molecule has 0 amide bonds. The van der Waals surface area contributed by atoms with Crippen LogP contribution < -0.4 is 10.6 Å². The smallest absolute Gasteiger partial charge is 0.338 e. The number of esters is 1. The first-order chi connectivity index (χ1) is 13.9. The Bertz CT molecular complexity index is 1060. The number of carbonyl (C=O) groups is 1. The first kappa shape index (κ1) is 20.5. The Kier molecular flexibility index (Phi) is 6.29. The lowest BCUT2D eigenvalue weighted by atomic mass is 10.1. The van der Waals surface area contributed by atoms with Crippen molar-refractivity contribution in [1.82, 2.24) is 9.78 Å². The summed E-state index contributed by atoms with van der Waals surface area (Å²) in [6.45, 7) is 6.38. The molecule has 3 rings (SSSR count). The average Bonchev–Trinajstić information content (AvgIpc) is 2.97. The Morgan fingerprint density at radius 1 is 1.07 bits per heavy atom. The number of hydrogen-bond acceptors (Lipinski definition) is 4. The van der Waals surface area contributed by atoms with E-state index in [1.807, 2.05) is 67.9 Å². The van der Waals surface area contributed by atoms with E-state index in [1.165, 1.54) is 7.11 Å². The maximum Gasteiger partial charge on any atom is 0.338 e. The molecule has 1 aromatic heterocycles. The molecule has 29 heavy (non-hydrogen) atoms. The second-order valence-corrected chi connectivity index (χ2v) is 7.15. The second-order valence-electron chi connectivity index (χ2n) is 6.75. The fourth-order valence-electron chi connectivity index (χ4n) is 3.14. The van der Waals surface area contributed by atoms with E-state index in [2.05, 4.69) is 15.7 Å². The van der Waals surface area contributed by atoms with Crippen molar-refractivity contribution in [1.29, 1.82) is 0 Å². The van der Waals surface area contributed by atoms with Gasteiger partial charge in [0, 0.05) is 5.69 Å². The number of aryl methyl sites for hydroxylation is 2. The zero-order valence-corrected chi connectivity index (χ0v) is 17.8. The van der Waals surface area contributed by atoms with E-state index in [0.29, 0.717) is 17.2 Å². The standard InChI is InChI=1S/C22H24N4O2S/c1-14-9-5-8-12-19(14)23-22(29)24-20-15(2)25-26(16(20)3)13-17-10-6-7-11-18(17)21(27)28-4/h5-12H,13H2,1-4H3,(H2,23,24,29). The number of nitrogens with one attached hydrogen (secondary N) is 2. The number of ether oxygens (including phenoxy) is 1. The summed E-state index contributed by atoms with van der Waals surface area (Å²) >= 11 is 5.49. The summed E-state index contributed by atoms with van der Waals surface area (Å²) in [5.41, 5.74) is 6.06. The quantitative estimate of drug-likeness (QED) is 0.480. The molecule has 0 atom stereocenters. The molecule has 7 heteroatoms. The molecule has 2 N–H and O–H groups in total. The highest BCUT2D eigenvalue weighted by molar-refractivity contribution is 7.80. The predicted octanol–water partition coefficient (Wildman–Crippen LogP) is 4.45. The molecule has 0 radical (unpaired) electrons. The van der Waals surface area contributed by atoms with Gasteiger partial charge >= 0.3 is 5.97 Å². The Morgan fingerprint density at radius 2 is 1.76 bits per heavy atom. The maximum absolute atomic E-state index is 12.0. The largest absolute Gasteiger partial charge is 0.465 e. The van der Waals surface area contributed by atoms with Gasteiger partial charge in [0.05, 0.1) is 36.3 Å². The molecule has 0 bridgehead atoms. The van der Waals surface area contributed by atoms with Gasteiger partial charge in [0.1, 0.15) is 0 Å². The zero-order chi connectivity index (χ0) is 21.0. The van der Waals surface area contributed by atoms with Crippen molar-refractivity contribution < 1.29 is 9.53 Å². The first-order valence-electron chi connectivity index (χ1n) is 9.24. The van der Waals surface area contributed by atoms with E-state index in [1.54, 1.807) is 6.07 Å². The van der Waals surface area contributed by atoms with Gasteiger partial charge in [-0.3, -0.25) is 4.68 Å². The second kappa shape index (κ2) is 8.87. The maximum atomic E-state index is 12.0. The Morgan fingerprint density at radius 3 is 2.48 bits per heavy atom. The first-order valence-corrected chi connectivity index (χ1v) is 9.65. The summed E-state index contributed by atoms with van der Waals surface area (Å²) in [6.07, 6.45) is 0. The molecule has 1 heterocycles. The monoisotopic (exact) mass is 408 g/mol. The number of nitrogens with zero attached hydrogens (tertiary/aromatic N) is 2. The fourth-order valence-corrected chi connectivity index (χ4v) is 3.35. The van der Waals surface area contributed by atoms with E-state index in [0.717, 1.165) is 33.9 Å². The number of carbonyl (C=O) groups excluding carboxylic acids is 1. The van der Waals surface area contributed by atoms with Gasteiger partial charge in [0.25, 0.3) is 0 Å². The van der Waals surface area contributed by atoms with Gasteiger partial charge in [0.2, 0.25) is 0 Å². The van der Waals surface area contributed by atoms with Crippen LogP contribution in [-0.4, -0.2) is 28.0 Å². The minimum atomic E-state index is -0.357. The molecule has 0 fully saturated rings. The van der Waals surface area contributed by atoms with Crippen LogP contribution in [0.2, 0.25) is 0 Å². The number of aromatic nitrogens is 2. The van der Waals surface area contributed by atoms with Gasteiger partial charge < -0.3 is 15.4 Å². The predicted molar refractivity (Wildman–Crippen MR) is 120 cm³/mol. The van der Waals surface area contributed by atoms with E-state index in [9.17, 15) is 4.79 Å². The summed E-state index contributed by atoms with van der Waals surface area (Å²) in [4.78, 5) is 12.0. The molecule has 0 unspecified atom stereocenters. The highest BCUT2D eigenvalue weighted by Crippen LogP contribution is 2.22. The lowest BCUT2D eigenvalue weighted by Crippen LogP contribution is -2.20. The van der Waals surface area contributed by atoms with E-state index in [4.69, 9.17) is 17.0 Å². The number of hydrogen-bond donors (Lipinski definition) is 2. The third-order valence-corrected chi connectivity index (χ3v) is 4.96. The molecule has 3 aromatic rings. The number of rotatable bonds is 5. The van der Waals surface area contributed by atoms with Crippen LogP contribution in [0.15, 0.2) is 48.5 Å². The lowest BCUT2D eigenvalue weighted by Gasteiger charge is -2.13. The number of benzene rings is 2. The van der Waals surface area contributed by atoms with Crippen LogP contribution in [0.3, 0.4) is 0 Å². The average molecular weight is 409 g/mol. The Hall–Kier alpha value is -3.19. The van der Waals surface area contributed by atoms with Gasteiger partial charge in [-0.15, -0.1) is 0 Å². The molecule has 6 nitrogen and oxygen atoms in total. The fraction of sp³-hybridized carbons (Fsp3) is 0.227. The van der Waals surface area contributed by atoms with Gasteiger partial charge in [0.15, 0.2) is 5.11 Å². The van der Waals surface area contributed by atoms with Crippen molar-refractivity contribution >= 4 is 34.7 Å². The third-order valence-electron chi connectivity index (χ3n) is 4.76. The van der Waals surface area contributed by atoms with Crippen molar-refractivity contribution in [3.63, 3.8) is 0 Å². The Labute approximate surface area is 175 Å². The van der Waals surface area contributed by atoms with Crippen LogP contribution in [0.4, 0.5) is 11.4 Å². The topological polar surface area (TPSA) is 68.2 Å². The molecule has 2 aromatic carbocycles. The van der Waals surface area contributed by atoms with Crippen molar-refractivity contribution in [2.24, 2.45) is 0 Å². The van der Waals surface area contributed by atoms with E-state index >= 15 is 0 Å². The minimum Gasteiger partial charge on any atom is -0.465 e. The van der Waals surface area contributed by atoms with Crippen molar-refractivity contribution in [2.75, 3.05) is 17.7 Å². The molecule has 0 aliphatic rings. The highest BCUT2D eigenvalue weighted by atomic mass is 32.1. The van der Waals surface area contributed by atoms with Gasteiger partial charge in [-0.1, -0.05) is 36.4 Å². The molecule has 150 valence electrons. The molecule has 0 aliphatic carbocycles. The van der Waals surface area contributed by atoms with Crippen LogP contribution in [0.1, 0.15) is 32.9 Å². The molecular weight excluding hydrogens is 384 g/mol. The summed E-state index contributed by atoms with van der Waals surface area (Å²) < 4.78 is 6.74. The van der Waals surface area contributed by atoms with Gasteiger partial charge in [-0.05, 0) is 56.2 Å². The zero-order valence-electron chi connectivity index (χ0n) is 16.9. The molecular formula is C22H24N4O2S. The van der Waals surface area contributed by atoms with Crippen LogP contribution in [0.25, 0.3) is 0 Å². The molecule has 0 spiro atoms. The molecule has 0 saturated heterocycles. The van der Waals surface area contributed by atoms with Crippen molar-refractivity contribution in [3.8, 4) is 0 Å². The van der Waals surface area contributed by atoms with Gasteiger partial charge in [-0.2, -0.15) is 5.10 Å². The normalized spacial score (nSPS) is 10.5. The van der Waals surface area contributed by atoms with Crippen LogP contribution in [0, 0.1) is 20.8 Å². The van der Waals surface area contributed by atoms with Crippen molar-refractivity contribution in [2.45, 2.75) is 27.3 Å². The summed E-state index contributed by atoms with van der Waals surface area (Å²) in [6, 6.07) is 15.3. The SMILES string of the molecule is COC(=O)c1ccccc1Cn1nc(C)c(NC(=S)Nc2ccccc2C)c1C. The number of methoxy groups -OCH3 is 1. The Balaban J connectivity index is 1.80. The van der Waals surface area contributed by atoms with Crippen LogP contribution in [-0.2, 0) is 11.3 Å². The molecule has 0 aliphatic heterocycles. The highest BCUT2D eigenvalue weighted by Gasteiger charge is 2.16. The number of anilines is 2. The summed E-state index contributed by atoms with van der Waals surface area (Å²) in [5.74, 6) is -0.357. The van der Waals surface area contributed by atoms with Gasteiger partial charge in [-0.25, -0.2) is 4.79 Å². The van der Waals surface area contributed by atoms with E-state index in [-0.39, 0.29) is 5.97 Å². The number of thiocarbonyl (C=S) groups is 1. The number of para-hydroxylation sites is 1.